The van der Waals surface area contributed by atoms with E-state index >= 15 is 0 Å². The molecule has 1 atom stereocenters. The Hall–Kier alpha value is -3.27. The van der Waals surface area contributed by atoms with E-state index in [0.717, 1.165) is 30.4 Å². The van der Waals surface area contributed by atoms with Crippen LogP contribution in [0.5, 0.6) is 11.5 Å². The average molecular weight is 551 g/mol. The molecule has 0 radical (unpaired) electrons. The molecule has 3 aliphatic rings. The molecule has 206 valence electrons. The summed E-state index contributed by atoms with van der Waals surface area (Å²) >= 11 is 0. The van der Waals surface area contributed by atoms with Gasteiger partial charge in [-0.05, 0) is 67.6 Å². The summed E-state index contributed by atoms with van der Waals surface area (Å²) in [6.07, 6.45) is 3.19. The lowest BCUT2D eigenvalue weighted by atomic mass is 9.88. The van der Waals surface area contributed by atoms with Gasteiger partial charge >= 0.3 is 0 Å². The number of pyridine rings is 1. The third-order valence-electron chi connectivity index (χ3n) is 7.93. The Bertz CT molecular complexity index is 1540. The van der Waals surface area contributed by atoms with Crippen LogP contribution in [0.2, 0.25) is 0 Å². The molecule has 9 heteroatoms. The molecule has 1 saturated heterocycles. The number of aliphatic hydroxyl groups is 1. The largest absolute Gasteiger partial charge is 0.449 e. The quantitative estimate of drug-likeness (QED) is 0.441. The Morgan fingerprint density at radius 3 is 2.54 bits per heavy atom. The van der Waals surface area contributed by atoms with Crippen LogP contribution in [0.3, 0.4) is 0 Å². The number of sulfonamides is 1. The number of aromatic nitrogens is 1. The molecule has 3 aromatic rings. The van der Waals surface area contributed by atoms with E-state index in [4.69, 9.17) is 14.5 Å². The summed E-state index contributed by atoms with van der Waals surface area (Å²) in [5.74, 6) is 0.758. The van der Waals surface area contributed by atoms with Crippen molar-refractivity contribution in [2.75, 3.05) is 13.2 Å². The van der Waals surface area contributed by atoms with Crippen LogP contribution < -0.4 is 9.47 Å². The Balaban J connectivity index is 0.00000323. The maximum absolute atomic E-state index is 13.5. The van der Waals surface area contributed by atoms with E-state index in [9.17, 15) is 18.3 Å². The zero-order valence-corrected chi connectivity index (χ0v) is 22.9. The summed E-state index contributed by atoms with van der Waals surface area (Å²) < 4.78 is 39.2. The summed E-state index contributed by atoms with van der Waals surface area (Å²) in [5.41, 5.74) is 2.53. The number of Topliss-reactive ketones (excluding diaryl/α,β-unsaturated/α-hetero) is 1. The van der Waals surface area contributed by atoms with Crippen LogP contribution in [0, 0.1) is 0 Å². The van der Waals surface area contributed by atoms with Crippen molar-refractivity contribution in [3.05, 3.63) is 71.9 Å². The zero-order valence-electron chi connectivity index (χ0n) is 22.1. The van der Waals surface area contributed by atoms with Crippen LogP contribution in [0.4, 0.5) is 0 Å². The molecule has 0 spiro atoms. The monoisotopic (exact) mass is 550 g/mol. The zero-order chi connectivity index (χ0) is 27.4. The maximum atomic E-state index is 13.5. The normalized spacial score (nSPS) is 21.2. The smallest absolute Gasteiger partial charge is 0.246 e. The maximum Gasteiger partial charge on any atom is 0.246 e. The van der Waals surface area contributed by atoms with Crippen LogP contribution in [-0.2, 0) is 26.7 Å². The number of aliphatic hydroxyl groups excluding tert-OH is 1. The van der Waals surface area contributed by atoms with Gasteiger partial charge in [0.05, 0.1) is 22.6 Å². The number of rotatable bonds is 8. The second-order valence-electron chi connectivity index (χ2n) is 11.1. The number of benzene rings is 2. The average Bonchev–Trinajstić information content (AvgIpc) is 3.47. The fourth-order valence-corrected chi connectivity index (χ4v) is 7.37. The van der Waals surface area contributed by atoms with Crippen LogP contribution in [0.25, 0.3) is 11.3 Å². The Morgan fingerprint density at radius 1 is 1.08 bits per heavy atom. The van der Waals surface area contributed by atoms with Gasteiger partial charge in [0, 0.05) is 45.5 Å². The summed E-state index contributed by atoms with van der Waals surface area (Å²) in [6.45, 7) is 3.95. The summed E-state index contributed by atoms with van der Waals surface area (Å²) in [7, 11) is -3.68. The number of nitrogens with zero attached hydrogens (tertiary/aromatic N) is 2. The highest BCUT2D eigenvalue weighted by Crippen LogP contribution is 2.52. The lowest BCUT2D eigenvalue weighted by Gasteiger charge is -2.22. The van der Waals surface area contributed by atoms with E-state index in [2.05, 4.69) is 0 Å². The van der Waals surface area contributed by atoms with Gasteiger partial charge in [0.25, 0.3) is 0 Å². The Labute approximate surface area is 230 Å². The second kappa shape index (κ2) is 9.43. The molecule has 2 aromatic carbocycles. The third-order valence-corrected chi connectivity index (χ3v) is 9.90. The lowest BCUT2D eigenvalue weighted by Crippen LogP contribution is -2.37. The van der Waals surface area contributed by atoms with Crippen molar-refractivity contribution in [1.29, 1.82) is 0 Å². The molecule has 1 N–H and O–H groups in total. The van der Waals surface area contributed by atoms with Crippen molar-refractivity contribution in [3.8, 4) is 22.8 Å². The predicted octanol–water partition coefficient (Wildman–Crippen LogP) is 4.49. The minimum absolute atomic E-state index is 0. The number of ketones is 1. The SMILES string of the molecule is CC1(C)Oc2ccc(C3(C(=O)Cc4cccc(-c5ccc(S(=O)(=O)N6CCC[C@@H]6CO)cc5)n4)CC3)cc2O1.[HH]. The number of hydrogen-bond donors (Lipinski definition) is 1. The van der Waals surface area contributed by atoms with Crippen molar-refractivity contribution >= 4 is 15.8 Å². The number of fused-ring (bicyclic) bond motifs is 1. The molecule has 2 aliphatic heterocycles. The first kappa shape index (κ1) is 26.0. The van der Waals surface area contributed by atoms with Crippen molar-refractivity contribution in [2.45, 2.75) is 68.1 Å². The summed E-state index contributed by atoms with van der Waals surface area (Å²) in [5, 5.41) is 9.55. The number of hydrogen-bond acceptors (Lipinski definition) is 7. The first-order chi connectivity index (χ1) is 18.6. The molecule has 39 heavy (non-hydrogen) atoms. The van der Waals surface area contributed by atoms with Crippen LogP contribution in [0.1, 0.15) is 52.2 Å². The van der Waals surface area contributed by atoms with Crippen molar-refractivity contribution in [1.82, 2.24) is 9.29 Å². The molecule has 3 heterocycles. The van der Waals surface area contributed by atoms with E-state index in [1.54, 1.807) is 24.3 Å². The van der Waals surface area contributed by atoms with Gasteiger partial charge in [0.2, 0.25) is 15.8 Å². The molecule has 6 rings (SSSR count). The Kier molecular flexibility index (Phi) is 6.28. The van der Waals surface area contributed by atoms with Gasteiger partial charge in [-0.1, -0.05) is 24.3 Å². The molecule has 0 unspecified atom stereocenters. The van der Waals surface area contributed by atoms with E-state index in [-0.39, 0.29) is 31.2 Å². The fourth-order valence-electron chi connectivity index (χ4n) is 5.69. The van der Waals surface area contributed by atoms with Crippen molar-refractivity contribution in [3.63, 3.8) is 0 Å². The van der Waals surface area contributed by atoms with Gasteiger partial charge in [-0.15, -0.1) is 0 Å². The summed E-state index contributed by atoms with van der Waals surface area (Å²) in [6, 6.07) is 17.6. The second-order valence-corrected chi connectivity index (χ2v) is 13.0. The number of carbonyl (C=O) groups is 1. The van der Waals surface area contributed by atoms with Crippen LogP contribution >= 0.6 is 0 Å². The van der Waals surface area contributed by atoms with Gasteiger partial charge in [-0.2, -0.15) is 4.31 Å². The topological polar surface area (TPSA) is 106 Å². The highest BCUT2D eigenvalue weighted by molar-refractivity contribution is 7.89. The summed E-state index contributed by atoms with van der Waals surface area (Å²) in [4.78, 5) is 18.4. The molecule has 0 amide bonds. The Morgan fingerprint density at radius 2 is 1.82 bits per heavy atom. The number of ether oxygens (including phenoxy) is 2. The van der Waals surface area contributed by atoms with Gasteiger partial charge in [-0.25, -0.2) is 8.42 Å². The molecule has 1 aliphatic carbocycles. The number of carbonyl (C=O) groups excluding carboxylic acids is 1. The predicted molar refractivity (Wildman–Crippen MR) is 147 cm³/mol. The van der Waals surface area contributed by atoms with E-state index in [1.165, 1.54) is 4.31 Å². The van der Waals surface area contributed by atoms with E-state index in [0.29, 0.717) is 35.9 Å². The van der Waals surface area contributed by atoms with Crippen LogP contribution in [0.15, 0.2) is 65.6 Å². The van der Waals surface area contributed by atoms with Crippen LogP contribution in [-0.4, -0.2) is 53.6 Å². The van der Waals surface area contributed by atoms with Crippen molar-refractivity contribution < 1.29 is 29.2 Å². The molecule has 8 nitrogen and oxygen atoms in total. The van der Waals surface area contributed by atoms with Gasteiger partial charge < -0.3 is 14.6 Å². The highest BCUT2D eigenvalue weighted by Gasteiger charge is 2.51. The van der Waals surface area contributed by atoms with Crippen molar-refractivity contribution in [2.24, 2.45) is 0 Å². The minimum Gasteiger partial charge on any atom is -0.449 e. The molecular weight excluding hydrogens is 516 g/mol. The molecule has 2 fully saturated rings. The minimum atomic E-state index is -3.68. The molecular formula is C30H34N2O6S. The first-order valence-electron chi connectivity index (χ1n) is 13.4. The molecule has 1 aromatic heterocycles. The first-order valence-corrected chi connectivity index (χ1v) is 14.8. The fraction of sp³-hybridized carbons (Fsp3) is 0.400. The van der Waals surface area contributed by atoms with Gasteiger partial charge in [-0.3, -0.25) is 9.78 Å². The highest BCUT2D eigenvalue weighted by atomic mass is 32.2. The third kappa shape index (κ3) is 4.73. The van der Waals surface area contributed by atoms with E-state index < -0.39 is 21.2 Å². The van der Waals surface area contributed by atoms with Gasteiger partial charge in [0.1, 0.15) is 5.78 Å². The molecule has 0 bridgehead atoms. The lowest BCUT2D eigenvalue weighted by molar-refractivity contribution is -0.120. The molecule has 1 saturated carbocycles. The van der Waals surface area contributed by atoms with Gasteiger partial charge in [0.15, 0.2) is 11.5 Å². The van der Waals surface area contributed by atoms with E-state index in [1.807, 2.05) is 50.2 Å². The standard InChI is InChI=1S/C30H32N2O6S.H2/c1-29(2)37-26-13-10-21(17-27(26)38-29)30(14-15-30)28(34)18-22-5-3-7-25(31-22)20-8-11-24(12-9-20)39(35,36)32-16-4-6-23(32)19-33;/h3,5,7-13,17,23,33H,4,6,14-16,18-19H2,1-2H3;1H/t23-;/m1./s1.